The molecule has 0 radical (unpaired) electrons. The van der Waals surface area contributed by atoms with Gasteiger partial charge in [0.2, 0.25) is 5.78 Å². The van der Waals surface area contributed by atoms with Crippen molar-refractivity contribution in [2.45, 2.75) is 0 Å². The molecule has 18 heavy (non-hydrogen) atoms. The van der Waals surface area contributed by atoms with Crippen LogP contribution in [0.15, 0.2) is 29.6 Å². The Morgan fingerprint density at radius 2 is 2.00 bits per heavy atom. The van der Waals surface area contributed by atoms with Crippen LogP contribution in [0.2, 0.25) is 10.0 Å². The van der Waals surface area contributed by atoms with Crippen molar-refractivity contribution in [3.05, 3.63) is 50.1 Å². The smallest absolute Gasteiger partial charge is 0.241 e. The Kier molecular flexibility index (Phi) is 2.86. The van der Waals surface area contributed by atoms with Crippen LogP contribution in [0.1, 0.15) is 15.2 Å². The summed E-state index contributed by atoms with van der Waals surface area (Å²) >= 11 is 13.3. The van der Waals surface area contributed by atoms with Crippen molar-refractivity contribution in [3.63, 3.8) is 0 Å². The van der Waals surface area contributed by atoms with Gasteiger partial charge in [-0.2, -0.15) is 0 Å². The molecule has 0 fully saturated rings. The van der Waals surface area contributed by atoms with E-state index in [4.69, 9.17) is 27.9 Å². The number of aromatic nitrogens is 1. The van der Waals surface area contributed by atoms with Gasteiger partial charge in [0, 0.05) is 18.0 Å². The van der Waals surface area contributed by atoms with Crippen molar-refractivity contribution in [3.8, 4) is 5.75 Å². The number of hydrogen-bond acceptors (Lipinski definition) is 4. The van der Waals surface area contributed by atoms with Crippen molar-refractivity contribution in [2.75, 3.05) is 0 Å². The number of hydrogen-bond donors (Lipinski definition) is 0. The Labute approximate surface area is 117 Å². The summed E-state index contributed by atoms with van der Waals surface area (Å²) in [6.07, 6.45) is 4.48. The van der Waals surface area contributed by atoms with E-state index in [2.05, 4.69) is 4.98 Å². The van der Waals surface area contributed by atoms with Gasteiger partial charge in [-0.25, -0.2) is 0 Å². The fourth-order valence-corrected chi connectivity index (χ4v) is 2.84. The summed E-state index contributed by atoms with van der Waals surface area (Å²) in [4.78, 5) is 16.5. The molecule has 0 aliphatic carbocycles. The molecular weight excluding hydrogens is 293 g/mol. The maximum Gasteiger partial charge on any atom is 0.241 e. The van der Waals surface area contributed by atoms with E-state index in [0.717, 1.165) is 0 Å². The van der Waals surface area contributed by atoms with Crippen LogP contribution in [-0.4, -0.2) is 10.8 Å². The number of Topliss-reactive ketones (excluding diaryl/α,β-unsaturated/α-hetero) is 1. The number of carbonyl (C=O) groups is 1. The predicted molar refractivity (Wildman–Crippen MR) is 71.5 cm³/mol. The quantitative estimate of drug-likeness (QED) is 0.745. The minimum absolute atomic E-state index is 0.149. The van der Waals surface area contributed by atoms with Crippen LogP contribution in [0.5, 0.6) is 5.75 Å². The van der Waals surface area contributed by atoms with E-state index in [1.807, 2.05) is 5.38 Å². The number of fused-ring (bicyclic) bond motifs is 1. The summed E-state index contributed by atoms with van der Waals surface area (Å²) in [7, 11) is 0. The summed E-state index contributed by atoms with van der Waals surface area (Å²) < 4.78 is 5.46. The van der Waals surface area contributed by atoms with Gasteiger partial charge in [0.15, 0.2) is 5.76 Å². The van der Waals surface area contributed by atoms with E-state index in [0.29, 0.717) is 26.2 Å². The van der Waals surface area contributed by atoms with Gasteiger partial charge < -0.3 is 4.74 Å². The number of nitrogens with zero attached hydrogens (tertiary/aromatic N) is 1. The molecule has 3 rings (SSSR count). The summed E-state index contributed by atoms with van der Waals surface area (Å²) in [5.74, 6) is 0.661. The highest BCUT2D eigenvalue weighted by molar-refractivity contribution is 7.12. The molecule has 0 saturated carbocycles. The Hall–Kier alpha value is -1.36. The zero-order chi connectivity index (χ0) is 12.7. The van der Waals surface area contributed by atoms with E-state index in [1.54, 1.807) is 12.1 Å². The third kappa shape index (κ3) is 1.82. The number of allylic oxidation sites excluding steroid dienone is 1. The number of rotatable bonds is 1. The zero-order valence-corrected chi connectivity index (χ0v) is 11.1. The minimum Gasteiger partial charge on any atom is -0.452 e. The molecule has 3 nitrogen and oxygen atoms in total. The van der Waals surface area contributed by atoms with Gasteiger partial charge in [-0.15, -0.1) is 11.3 Å². The number of ketones is 1. The molecule has 0 amide bonds. The fourth-order valence-electron chi connectivity index (χ4n) is 1.61. The number of pyridine rings is 1. The van der Waals surface area contributed by atoms with Gasteiger partial charge >= 0.3 is 0 Å². The second kappa shape index (κ2) is 4.39. The molecule has 3 heterocycles. The molecule has 0 N–H and O–H groups in total. The average molecular weight is 298 g/mol. The first-order valence-corrected chi connectivity index (χ1v) is 6.61. The van der Waals surface area contributed by atoms with E-state index in [1.165, 1.54) is 23.7 Å². The van der Waals surface area contributed by atoms with Gasteiger partial charge in [0.1, 0.15) is 10.6 Å². The molecule has 0 atom stereocenters. The number of halogens is 2. The first-order valence-electron chi connectivity index (χ1n) is 4.97. The first kappa shape index (κ1) is 11.7. The normalized spacial score (nSPS) is 15.9. The van der Waals surface area contributed by atoms with Gasteiger partial charge in [-0.05, 0) is 17.5 Å². The first-order chi connectivity index (χ1) is 8.66. The molecule has 1 aliphatic heterocycles. The lowest BCUT2D eigenvalue weighted by Gasteiger charge is -2.02. The van der Waals surface area contributed by atoms with Crippen molar-refractivity contribution < 1.29 is 9.53 Å². The monoisotopic (exact) mass is 297 g/mol. The lowest BCUT2D eigenvalue weighted by molar-refractivity contribution is 0.102. The molecule has 2 aromatic heterocycles. The largest absolute Gasteiger partial charge is 0.452 e. The van der Waals surface area contributed by atoms with E-state index < -0.39 is 0 Å². The number of thiophene rings is 1. The maximum atomic E-state index is 12.0. The van der Waals surface area contributed by atoms with Crippen molar-refractivity contribution >= 4 is 46.4 Å². The Morgan fingerprint density at radius 1 is 1.28 bits per heavy atom. The molecule has 1 aliphatic rings. The topological polar surface area (TPSA) is 39.2 Å². The maximum absolute atomic E-state index is 12.0. The van der Waals surface area contributed by atoms with Crippen LogP contribution >= 0.6 is 34.5 Å². The van der Waals surface area contributed by atoms with Crippen molar-refractivity contribution in [2.24, 2.45) is 0 Å². The minimum atomic E-state index is -0.149. The van der Waals surface area contributed by atoms with Crippen LogP contribution in [0, 0.1) is 0 Å². The van der Waals surface area contributed by atoms with Crippen LogP contribution in [0.3, 0.4) is 0 Å². The molecule has 90 valence electrons. The average Bonchev–Trinajstić information content (AvgIpc) is 2.89. The standard InChI is InChI=1S/C12H5Cl2NO2S/c13-7-4-15-5-8(14)6(7)3-10-11(16)12-9(17-10)1-2-18-12/h1-5H. The van der Waals surface area contributed by atoms with Crippen LogP contribution < -0.4 is 4.74 Å². The zero-order valence-electron chi connectivity index (χ0n) is 8.81. The summed E-state index contributed by atoms with van der Waals surface area (Å²) in [6, 6.07) is 1.76. The lowest BCUT2D eigenvalue weighted by atomic mass is 10.2. The molecule has 0 bridgehead atoms. The van der Waals surface area contributed by atoms with E-state index in [-0.39, 0.29) is 11.5 Å². The Morgan fingerprint density at radius 3 is 2.67 bits per heavy atom. The Bertz CT molecular complexity index is 658. The van der Waals surface area contributed by atoms with Gasteiger partial charge in [-0.1, -0.05) is 23.2 Å². The highest BCUT2D eigenvalue weighted by atomic mass is 35.5. The van der Waals surface area contributed by atoms with Gasteiger partial charge in [0.05, 0.1) is 10.0 Å². The number of carbonyl (C=O) groups excluding carboxylic acids is 1. The predicted octanol–water partition coefficient (Wildman–Crippen LogP) is 4.07. The van der Waals surface area contributed by atoms with Crippen molar-refractivity contribution in [1.29, 1.82) is 0 Å². The second-order valence-corrected chi connectivity index (χ2v) is 5.30. The highest BCUT2D eigenvalue weighted by Crippen LogP contribution is 2.37. The number of ether oxygens (including phenoxy) is 1. The fraction of sp³-hybridized carbons (Fsp3) is 0. The third-order valence-corrected chi connectivity index (χ3v) is 3.94. The second-order valence-electron chi connectivity index (χ2n) is 3.57. The molecule has 2 aromatic rings. The third-order valence-electron chi connectivity index (χ3n) is 2.44. The van der Waals surface area contributed by atoms with Crippen LogP contribution in [0.25, 0.3) is 6.08 Å². The summed E-state index contributed by atoms with van der Waals surface area (Å²) in [5.41, 5.74) is 0.534. The highest BCUT2D eigenvalue weighted by Gasteiger charge is 2.28. The van der Waals surface area contributed by atoms with E-state index in [9.17, 15) is 4.79 Å². The van der Waals surface area contributed by atoms with Gasteiger partial charge in [-0.3, -0.25) is 9.78 Å². The van der Waals surface area contributed by atoms with Crippen LogP contribution in [-0.2, 0) is 0 Å². The van der Waals surface area contributed by atoms with Crippen molar-refractivity contribution in [1.82, 2.24) is 4.98 Å². The molecule has 0 unspecified atom stereocenters. The van der Waals surface area contributed by atoms with Crippen LogP contribution in [0.4, 0.5) is 0 Å². The van der Waals surface area contributed by atoms with E-state index >= 15 is 0 Å². The molecule has 0 spiro atoms. The lowest BCUT2D eigenvalue weighted by Crippen LogP contribution is -1.98. The SMILES string of the molecule is O=C1C(=Cc2c(Cl)cncc2Cl)Oc2ccsc21. The molecular formula is C12H5Cl2NO2S. The molecule has 0 saturated heterocycles. The summed E-state index contributed by atoms with van der Waals surface area (Å²) in [5, 5.41) is 2.56. The Balaban J connectivity index is 2.05. The summed E-state index contributed by atoms with van der Waals surface area (Å²) in [6.45, 7) is 0. The molecule has 0 aromatic carbocycles. The molecule has 6 heteroatoms. The van der Waals surface area contributed by atoms with Gasteiger partial charge in [0.25, 0.3) is 0 Å².